The second kappa shape index (κ2) is 13.1. The van der Waals surface area contributed by atoms with Crippen molar-refractivity contribution in [2.75, 3.05) is 20.6 Å². The van der Waals surface area contributed by atoms with Crippen LogP contribution in [-0.2, 0) is 4.79 Å². The van der Waals surface area contributed by atoms with Gasteiger partial charge in [0.05, 0.1) is 0 Å². The lowest BCUT2D eigenvalue weighted by molar-refractivity contribution is -0.120. The van der Waals surface area contributed by atoms with E-state index in [-0.39, 0.29) is 5.91 Å². The molecule has 0 rings (SSSR count). The molecule has 0 radical (unpaired) electrons. The van der Waals surface area contributed by atoms with E-state index in [0.717, 1.165) is 19.4 Å². The molecule has 74 valence electrons. The van der Waals surface area contributed by atoms with Gasteiger partial charge in [-0.25, -0.2) is 0 Å². The zero-order chi connectivity index (χ0) is 9.82. The first kappa shape index (κ1) is 14.0. The minimum absolute atomic E-state index is 0.135. The number of hydrogen-bond donors (Lipinski definition) is 2. The number of nitrogens with one attached hydrogen (secondary N) is 2. The van der Waals surface area contributed by atoms with Crippen LogP contribution < -0.4 is 10.6 Å². The summed E-state index contributed by atoms with van der Waals surface area (Å²) in [4.78, 5) is 10.6. The zero-order valence-corrected chi connectivity index (χ0v) is 8.74. The molecule has 1 amide bonds. The Bertz CT molecular complexity index is 94.5. The first-order chi connectivity index (χ1) is 5.81. The highest BCUT2D eigenvalue weighted by Gasteiger charge is 1.95. The average molecular weight is 174 g/mol. The number of unbranched alkanes of at least 4 members (excludes halogenated alkanes) is 1. The largest absolute Gasteiger partial charge is 0.359 e. The third-order valence-electron chi connectivity index (χ3n) is 1.36. The van der Waals surface area contributed by atoms with E-state index in [1.165, 1.54) is 0 Å². The van der Waals surface area contributed by atoms with Crippen LogP contribution in [0.4, 0.5) is 0 Å². The summed E-state index contributed by atoms with van der Waals surface area (Å²) in [6.45, 7) is 5.00. The highest BCUT2D eigenvalue weighted by molar-refractivity contribution is 5.75. The first-order valence-electron chi connectivity index (χ1n) is 4.66. The normalized spacial score (nSPS) is 8.33. The molecule has 0 aromatic rings. The summed E-state index contributed by atoms with van der Waals surface area (Å²) in [5.74, 6) is 0.135. The summed E-state index contributed by atoms with van der Waals surface area (Å²) in [5, 5.41) is 5.61. The minimum atomic E-state index is 0.135. The van der Waals surface area contributed by atoms with Crippen molar-refractivity contribution in [3.63, 3.8) is 0 Å². The lowest BCUT2D eigenvalue weighted by atomic mass is 10.2. The van der Waals surface area contributed by atoms with E-state index in [0.29, 0.717) is 6.42 Å². The van der Waals surface area contributed by atoms with Crippen LogP contribution in [0.3, 0.4) is 0 Å². The smallest absolute Gasteiger partial charge is 0.219 e. The number of carbonyl (C=O) groups is 1. The molecule has 0 aromatic heterocycles. The fourth-order valence-electron chi connectivity index (χ4n) is 0.712. The van der Waals surface area contributed by atoms with Gasteiger partial charge in [0.25, 0.3) is 0 Å². The van der Waals surface area contributed by atoms with E-state index < -0.39 is 0 Å². The Morgan fingerprint density at radius 3 is 2.17 bits per heavy atom. The second-order valence-electron chi connectivity index (χ2n) is 2.23. The quantitative estimate of drug-likeness (QED) is 0.614. The van der Waals surface area contributed by atoms with Crippen molar-refractivity contribution in [2.24, 2.45) is 0 Å². The number of carbonyl (C=O) groups excluding carboxylic acids is 1. The molecular weight excluding hydrogens is 152 g/mol. The van der Waals surface area contributed by atoms with Gasteiger partial charge < -0.3 is 10.6 Å². The van der Waals surface area contributed by atoms with Crippen molar-refractivity contribution in [1.82, 2.24) is 10.6 Å². The predicted molar refractivity (Wildman–Crippen MR) is 53.2 cm³/mol. The molecular formula is C9H22N2O. The van der Waals surface area contributed by atoms with E-state index >= 15 is 0 Å². The Morgan fingerprint density at radius 1 is 1.17 bits per heavy atom. The maximum Gasteiger partial charge on any atom is 0.219 e. The fourth-order valence-corrected chi connectivity index (χ4v) is 0.712. The standard InChI is InChI=1S/C7H16N2O.C2H6/c1-8-6-4-3-5-7(10)9-2;1-2/h8H,3-6H2,1-2H3,(H,9,10);1-2H3. The highest BCUT2D eigenvalue weighted by Crippen LogP contribution is 1.92. The van der Waals surface area contributed by atoms with Gasteiger partial charge in [-0.1, -0.05) is 13.8 Å². The molecule has 0 aromatic carbocycles. The Labute approximate surface area is 75.9 Å². The van der Waals surface area contributed by atoms with Gasteiger partial charge in [-0.3, -0.25) is 4.79 Å². The van der Waals surface area contributed by atoms with E-state index in [2.05, 4.69) is 10.6 Å². The third-order valence-corrected chi connectivity index (χ3v) is 1.36. The second-order valence-corrected chi connectivity index (χ2v) is 2.23. The van der Waals surface area contributed by atoms with Gasteiger partial charge in [0.15, 0.2) is 0 Å². The lowest BCUT2D eigenvalue weighted by Crippen LogP contribution is -2.17. The summed E-state index contributed by atoms with van der Waals surface area (Å²) in [6, 6.07) is 0. The van der Waals surface area contributed by atoms with E-state index in [4.69, 9.17) is 0 Å². The number of rotatable bonds is 5. The molecule has 0 heterocycles. The number of amides is 1. The third kappa shape index (κ3) is 12.1. The van der Waals surface area contributed by atoms with Crippen LogP contribution in [0.1, 0.15) is 33.1 Å². The van der Waals surface area contributed by atoms with Crippen LogP contribution in [0, 0.1) is 0 Å². The molecule has 0 aliphatic rings. The van der Waals surface area contributed by atoms with E-state index in [1.807, 2.05) is 20.9 Å². The molecule has 0 fully saturated rings. The number of hydrogen-bond acceptors (Lipinski definition) is 2. The van der Waals surface area contributed by atoms with Crippen LogP contribution in [0.5, 0.6) is 0 Å². The van der Waals surface area contributed by atoms with Gasteiger partial charge in [0, 0.05) is 13.5 Å². The summed E-state index contributed by atoms with van der Waals surface area (Å²) in [6.07, 6.45) is 2.70. The Balaban J connectivity index is 0. The van der Waals surface area contributed by atoms with Gasteiger partial charge in [0.1, 0.15) is 0 Å². The fraction of sp³-hybridized carbons (Fsp3) is 0.889. The van der Waals surface area contributed by atoms with Crippen molar-refractivity contribution in [2.45, 2.75) is 33.1 Å². The van der Waals surface area contributed by atoms with Crippen LogP contribution >= 0.6 is 0 Å². The monoisotopic (exact) mass is 174 g/mol. The molecule has 12 heavy (non-hydrogen) atoms. The zero-order valence-electron chi connectivity index (χ0n) is 8.74. The van der Waals surface area contributed by atoms with Crippen molar-refractivity contribution < 1.29 is 4.79 Å². The SMILES string of the molecule is CC.CNCCCCC(=O)NC. The maximum atomic E-state index is 10.6. The molecule has 0 spiro atoms. The first-order valence-corrected chi connectivity index (χ1v) is 4.66. The van der Waals surface area contributed by atoms with Gasteiger partial charge in [-0.15, -0.1) is 0 Å². The van der Waals surface area contributed by atoms with E-state index in [9.17, 15) is 4.79 Å². The van der Waals surface area contributed by atoms with Crippen LogP contribution in [0.15, 0.2) is 0 Å². The Hall–Kier alpha value is -0.570. The Kier molecular flexibility index (Phi) is 15.2. The summed E-state index contributed by atoms with van der Waals surface area (Å²) in [7, 11) is 3.58. The molecule has 3 heteroatoms. The minimum Gasteiger partial charge on any atom is -0.359 e. The maximum absolute atomic E-state index is 10.6. The van der Waals surface area contributed by atoms with Crippen molar-refractivity contribution >= 4 is 5.91 Å². The molecule has 0 saturated carbocycles. The van der Waals surface area contributed by atoms with Gasteiger partial charge in [-0.2, -0.15) is 0 Å². The van der Waals surface area contributed by atoms with Crippen LogP contribution in [0.2, 0.25) is 0 Å². The van der Waals surface area contributed by atoms with Gasteiger partial charge in [0.2, 0.25) is 5.91 Å². The van der Waals surface area contributed by atoms with Crippen molar-refractivity contribution in [1.29, 1.82) is 0 Å². The summed E-state index contributed by atoms with van der Waals surface area (Å²) >= 11 is 0. The molecule has 0 aliphatic heterocycles. The average Bonchev–Trinajstić information content (AvgIpc) is 2.15. The molecule has 0 saturated heterocycles. The van der Waals surface area contributed by atoms with Gasteiger partial charge >= 0.3 is 0 Å². The van der Waals surface area contributed by atoms with Crippen LogP contribution in [0.25, 0.3) is 0 Å². The van der Waals surface area contributed by atoms with Crippen LogP contribution in [-0.4, -0.2) is 26.5 Å². The molecule has 0 unspecified atom stereocenters. The lowest BCUT2D eigenvalue weighted by Gasteiger charge is -1.98. The summed E-state index contributed by atoms with van der Waals surface area (Å²) in [5.41, 5.74) is 0. The molecule has 2 N–H and O–H groups in total. The topological polar surface area (TPSA) is 41.1 Å². The highest BCUT2D eigenvalue weighted by atomic mass is 16.1. The Morgan fingerprint density at radius 2 is 1.75 bits per heavy atom. The molecule has 3 nitrogen and oxygen atoms in total. The molecule has 0 atom stereocenters. The summed E-state index contributed by atoms with van der Waals surface area (Å²) < 4.78 is 0. The molecule has 0 bridgehead atoms. The van der Waals surface area contributed by atoms with E-state index in [1.54, 1.807) is 7.05 Å². The van der Waals surface area contributed by atoms with Crippen molar-refractivity contribution in [3.05, 3.63) is 0 Å². The predicted octanol–water partition coefficient (Wildman–Crippen LogP) is 1.15. The molecule has 0 aliphatic carbocycles. The van der Waals surface area contributed by atoms with Crippen molar-refractivity contribution in [3.8, 4) is 0 Å². The van der Waals surface area contributed by atoms with Gasteiger partial charge in [-0.05, 0) is 26.4 Å².